The van der Waals surface area contributed by atoms with E-state index < -0.39 is 0 Å². The number of anilines is 3. The van der Waals surface area contributed by atoms with E-state index in [-0.39, 0.29) is 0 Å². The average Bonchev–Trinajstić information content (AvgIpc) is 3.21. The Labute approximate surface area is 297 Å². The summed E-state index contributed by atoms with van der Waals surface area (Å²) in [6.07, 6.45) is 0. The molecule has 0 aliphatic rings. The van der Waals surface area contributed by atoms with Crippen molar-refractivity contribution in [2.24, 2.45) is 0 Å². The summed E-state index contributed by atoms with van der Waals surface area (Å²) in [5.41, 5.74) is 8.19. The van der Waals surface area contributed by atoms with E-state index in [1.165, 1.54) is 76.1 Å². The van der Waals surface area contributed by atoms with E-state index in [0.717, 1.165) is 17.1 Å². The molecule has 0 fully saturated rings. The van der Waals surface area contributed by atoms with Crippen LogP contribution >= 0.6 is 0 Å². The van der Waals surface area contributed by atoms with Gasteiger partial charge in [-0.2, -0.15) is 0 Å². The maximum absolute atomic E-state index is 2.38. The molecule has 0 N–H and O–H groups in total. The van der Waals surface area contributed by atoms with Crippen molar-refractivity contribution in [1.82, 2.24) is 0 Å². The molecule has 1 heteroatoms. The summed E-state index contributed by atoms with van der Waals surface area (Å²) in [6, 6.07) is 73.0. The molecule has 0 saturated heterocycles. The Bertz CT molecular complexity index is 2850. The lowest BCUT2D eigenvalue weighted by molar-refractivity contribution is 1.29. The third-order valence-electron chi connectivity index (χ3n) is 10.4. The monoisotopic (exact) mass is 647 g/mol. The number of hydrogen-bond donors (Lipinski definition) is 0. The zero-order valence-corrected chi connectivity index (χ0v) is 28.0. The van der Waals surface area contributed by atoms with E-state index in [4.69, 9.17) is 0 Å². The first-order valence-corrected chi connectivity index (χ1v) is 17.6. The normalized spacial score (nSPS) is 11.5. The number of fused-ring (bicyclic) bond motifs is 9. The molecule has 0 atom stereocenters. The number of rotatable bonds is 5. The first-order valence-electron chi connectivity index (χ1n) is 17.6. The van der Waals surface area contributed by atoms with Gasteiger partial charge in [-0.05, 0) is 119 Å². The molecule has 0 aromatic heterocycles. The highest BCUT2D eigenvalue weighted by atomic mass is 15.1. The van der Waals surface area contributed by atoms with Gasteiger partial charge >= 0.3 is 0 Å². The Kier molecular flexibility index (Phi) is 6.89. The van der Waals surface area contributed by atoms with Crippen LogP contribution in [0.2, 0.25) is 0 Å². The smallest absolute Gasteiger partial charge is 0.0468 e. The standard InChI is InChI=1S/C50H33N/c1-2-10-34(11-3-1)35-20-25-40(26-21-35)51(42-29-31-49-47-16-7-6-14-45(47)46-15-8-9-17-48(46)50(49)33-42)41-27-22-36(23-28-41)38-24-30-44-39(32-38)19-18-37-12-4-5-13-43(37)44/h1-33H. The van der Waals surface area contributed by atoms with Crippen molar-refractivity contribution in [2.75, 3.05) is 4.90 Å². The summed E-state index contributed by atoms with van der Waals surface area (Å²) in [5.74, 6) is 0. The molecule has 0 unspecified atom stereocenters. The van der Waals surface area contributed by atoms with Gasteiger partial charge in [-0.1, -0.05) is 158 Å². The molecule has 10 rings (SSSR count). The van der Waals surface area contributed by atoms with Crippen molar-refractivity contribution in [3.8, 4) is 22.3 Å². The predicted molar refractivity (Wildman–Crippen MR) is 220 cm³/mol. The fourth-order valence-corrected chi connectivity index (χ4v) is 7.91. The van der Waals surface area contributed by atoms with Crippen molar-refractivity contribution in [1.29, 1.82) is 0 Å². The average molecular weight is 648 g/mol. The van der Waals surface area contributed by atoms with Crippen LogP contribution in [0.25, 0.3) is 76.1 Å². The minimum atomic E-state index is 1.11. The zero-order chi connectivity index (χ0) is 33.7. The summed E-state index contributed by atoms with van der Waals surface area (Å²) in [6.45, 7) is 0. The molecule has 10 aromatic rings. The minimum Gasteiger partial charge on any atom is -0.310 e. The van der Waals surface area contributed by atoms with E-state index in [9.17, 15) is 0 Å². The van der Waals surface area contributed by atoms with Crippen molar-refractivity contribution >= 4 is 70.9 Å². The minimum absolute atomic E-state index is 1.11. The van der Waals surface area contributed by atoms with Crippen molar-refractivity contribution in [2.45, 2.75) is 0 Å². The molecule has 0 radical (unpaired) electrons. The molecule has 10 aromatic carbocycles. The number of benzene rings is 10. The van der Waals surface area contributed by atoms with E-state index >= 15 is 0 Å². The van der Waals surface area contributed by atoms with Crippen molar-refractivity contribution < 1.29 is 0 Å². The van der Waals surface area contributed by atoms with Crippen LogP contribution < -0.4 is 4.90 Å². The van der Waals surface area contributed by atoms with Crippen LogP contribution in [0.1, 0.15) is 0 Å². The SMILES string of the molecule is c1ccc(-c2ccc(N(c3ccc(-c4ccc5c(ccc6ccccc65)c4)cc3)c3ccc4c5ccccc5c5ccccc5c4c3)cc2)cc1. The summed E-state index contributed by atoms with van der Waals surface area (Å²) < 4.78 is 0. The lowest BCUT2D eigenvalue weighted by Gasteiger charge is -2.26. The first-order chi connectivity index (χ1) is 25.3. The summed E-state index contributed by atoms with van der Waals surface area (Å²) in [7, 11) is 0. The highest BCUT2D eigenvalue weighted by Gasteiger charge is 2.16. The maximum Gasteiger partial charge on any atom is 0.0468 e. The van der Waals surface area contributed by atoms with Gasteiger partial charge < -0.3 is 4.90 Å². The van der Waals surface area contributed by atoms with Gasteiger partial charge in [0.1, 0.15) is 0 Å². The van der Waals surface area contributed by atoms with Gasteiger partial charge in [0, 0.05) is 17.1 Å². The van der Waals surface area contributed by atoms with Crippen molar-refractivity contribution in [3.05, 3.63) is 200 Å². The quantitative estimate of drug-likeness (QED) is 0.168. The van der Waals surface area contributed by atoms with Crippen LogP contribution in [-0.2, 0) is 0 Å². The second-order valence-electron chi connectivity index (χ2n) is 13.3. The van der Waals surface area contributed by atoms with Crippen LogP contribution in [0, 0.1) is 0 Å². The molecule has 0 bridgehead atoms. The topological polar surface area (TPSA) is 3.24 Å². The predicted octanol–water partition coefficient (Wildman–Crippen LogP) is 14.3. The highest BCUT2D eigenvalue weighted by molar-refractivity contribution is 6.25. The molecule has 1 nitrogen and oxygen atoms in total. The number of nitrogens with zero attached hydrogens (tertiary/aromatic N) is 1. The van der Waals surface area contributed by atoms with Gasteiger partial charge in [-0.25, -0.2) is 0 Å². The maximum atomic E-state index is 2.38. The van der Waals surface area contributed by atoms with Crippen LogP contribution in [-0.4, -0.2) is 0 Å². The van der Waals surface area contributed by atoms with E-state index in [0.29, 0.717) is 0 Å². The third kappa shape index (κ3) is 5.02. The zero-order valence-electron chi connectivity index (χ0n) is 28.0. The van der Waals surface area contributed by atoms with Gasteiger partial charge in [0.05, 0.1) is 0 Å². The summed E-state index contributed by atoms with van der Waals surface area (Å²) >= 11 is 0. The molecule has 238 valence electrons. The Morgan fingerprint density at radius 3 is 1.27 bits per heavy atom. The van der Waals surface area contributed by atoms with Crippen LogP contribution in [0.4, 0.5) is 17.1 Å². The third-order valence-corrected chi connectivity index (χ3v) is 10.4. The fourth-order valence-electron chi connectivity index (χ4n) is 7.91. The largest absolute Gasteiger partial charge is 0.310 e. The van der Waals surface area contributed by atoms with Crippen molar-refractivity contribution in [3.63, 3.8) is 0 Å². The van der Waals surface area contributed by atoms with Gasteiger partial charge in [-0.15, -0.1) is 0 Å². The second-order valence-corrected chi connectivity index (χ2v) is 13.3. The van der Waals surface area contributed by atoms with E-state index in [2.05, 4.69) is 205 Å². The molecule has 0 aliphatic heterocycles. The molecule has 0 spiro atoms. The summed E-state index contributed by atoms with van der Waals surface area (Å²) in [4.78, 5) is 2.38. The Balaban J connectivity index is 1.11. The van der Waals surface area contributed by atoms with Crippen LogP contribution in [0.3, 0.4) is 0 Å². The van der Waals surface area contributed by atoms with Gasteiger partial charge in [0.15, 0.2) is 0 Å². The molecule has 0 heterocycles. The van der Waals surface area contributed by atoms with Crippen LogP contribution in [0.5, 0.6) is 0 Å². The fraction of sp³-hybridized carbons (Fsp3) is 0. The van der Waals surface area contributed by atoms with Gasteiger partial charge in [0.25, 0.3) is 0 Å². The number of hydrogen-bond acceptors (Lipinski definition) is 1. The van der Waals surface area contributed by atoms with Crippen LogP contribution in [0.15, 0.2) is 200 Å². The molecule has 0 amide bonds. The molecular formula is C50H33N. The summed E-state index contributed by atoms with van der Waals surface area (Å²) in [5, 5.41) is 12.8. The van der Waals surface area contributed by atoms with E-state index in [1.54, 1.807) is 0 Å². The Hall–Kier alpha value is -6.70. The second kappa shape index (κ2) is 12.0. The lowest BCUT2D eigenvalue weighted by atomic mass is 9.94. The molecule has 0 saturated carbocycles. The highest BCUT2D eigenvalue weighted by Crippen LogP contribution is 2.42. The molecule has 51 heavy (non-hydrogen) atoms. The van der Waals surface area contributed by atoms with Gasteiger partial charge in [-0.3, -0.25) is 0 Å². The lowest BCUT2D eigenvalue weighted by Crippen LogP contribution is -2.10. The van der Waals surface area contributed by atoms with Gasteiger partial charge in [0.2, 0.25) is 0 Å². The molecular weight excluding hydrogens is 615 g/mol. The Morgan fingerprint density at radius 2 is 0.627 bits per heavy atom. The first kappa shape index (κ1) is 29.2. The Morgan fingerprint density at radius 1 is 0.216 bits per heavy atom. The van der Waals surface area contributed by atoms with E-state index in [1.807, 2.05) is 0 Å². The molecule has 0 aliphatic carbocycles.